The Balaban J connectivity index is 2.20. The van der Waals surface area contributed by atoms with Crippen LogP contribution in [0.2, 0.25) is 0 Å². The number of alkyl halides is 3. The third-order valence-corrected chi connectivity index (χ3v) is 3.68. The Bertz CT molecular complexity index is 744. The molecule has 0 amide bonds. The molecule has 0 saturated carbocycles. The first kappa shape index (κ1) is 13.0. The summed E-state index contributed by atoms with van der Waals surface area (Å²) >= 11 is 1.45. The monoisotopic (exact) mass is 297 g/mol. The van der Waals surface area contributed by atoms with Gasteiger partial charge >= 0.3 is 6.18 Å². The molecule has 0 saturated heterocycles. The van der Waals surface area contributed by atoms with E-state index >= 15 is 0 Å². The summed E-state index contributed by atoms with van der Waals surface area (Å²) in [5.41, 5.74) is 7.50. The molecule has 7 heteroatoms. The van der Waals surface area contributed by atoms with E-state index in [-0.39, 0.29) is 12.1 Å². The van der Waals surface area contributed by atoms with Crippen LogP contribution < -0.4 is 5.73 Å². The molecule has 0 radical (unpaired) electrons. The molecule has 3 rings (SSSR count). The van der Waals surface area contributed by atoms with Crippen molar-refractivity contribution < 1.29 is 13.2 Å². The van der Waals surface area contributed by atoms with E-state index in [0.29, 0.717) is 11.2 Å². The molecular formula is C13H10F3N3S. The molecule has 0 aliphatic heterocycles. The summed E-state index contributed by atoms with van der Waals surface area (Å²) in [5, 5.41) is 3.66. The van der Waals surface area contributed by atoms with E-state index in [4.69, 9.17) is 5.73 Å². The smallest absolute Gasteiger partial charge is 0.399 e. The average Bonchev–Trinajstić information content (AvgIpc) is 2.97. The van der Waals surface area contributed by atoms with E-state index in [1.807, 2.05) is 10.8 Å². The number of hydrogen-bond donors (Lipinski definition) is 1. The van der Waals surface area contributed by atoms with Crippen LogP contribution in [0.3, 0.4) is 0 Å². The molecule has 0 spiro atoms. The summed E-state index contributed by atoms with van der Waals surface area (Å²) in [7, 11) is 0. The Hall–Kier alpha value is -2.02. The van der Waals surface area contributed by atoms with Crippen LogP contribution in [0.5, 0.6) is 0 Å². The van der Waals surface area contributed by atoms with Crippen molar-refractivity contribution in [2.24, 2.45) is 0 Å². The van der Waals surface area contributed by atoms with E-state index in [1.54, 1.807) is 18.2 Å². The number of hydrogen-bond acceptors (Lipinski definition) is 3. The summed E-state index contributed by atoms with van der Waals surface area (Å²) in [6, 6.07) is 6.40. The molecular weight excluding hydrogens is 287 g/mol. The molecule has 2 aromatic heterocycles. The van der Waals surface area contributed by atoms with E-state index < -0.39 is 12.0 Å². The third-order valence-electron chi connectivity index (χ3n) is 2.95. The topological polar surface area (TPSA) is 43.8 Å². The SMILES string of the molecule is Nc1ccc2c(c1)nc(C(F)(F)F)n2Cc1ccsc1. The number of anilines is 1. The maximum absolute atomic E-state index is 13.1. The van der Waals surface area contributed by atoms with Gasteiger partial charge in [-0.05, 0) is 40.6 Å². The predicted octanol–water partition coefficient (Wildman–Crippen LogP) is 3.75. The van der Waals surface area contributed by atoms with Crippen LogP contribution in [-0.2, 0) is 12.7 Å². The first-order valence-corrected chi connectivity index (χ1v) is 6.73. The van der Waals surface area contributed by atoms with Gasteiger partial charge in [0.05, 0.1) is 17.6 Å². The number of nitrogens with two attached hydrogens (primary N) is 1. The van der Waals surface area contributed by atoms with E-state index in [9.17, 15) is 13.2 Å². The maximum atomic E-state index is 13.1. The first-order valence-electron chi connectivity index (χ1n) is 5.79. The van der Waals surface area contributed by atoms with Gasteiger partial charge < -0.3 is 10.3 Å². The van der Waals surface area contributed by atoms with Gasteiger partial charge in [-0.1, -0.05) is 0 Å². The number of aromatic nitrogens is 2. The Morgan fingerprint density at radius 3 is 2.70 bits per heavy atom. The Morgan fingerprint density at radius 2 is 2.05 bits per heavy atom. The van der Waals surface area contributed by atoms with Gasteiger partial charge in [-0.3, -0.25) is 0 Å². The second kappa shape index (κ2) is 4.52. The van der Waals surface area contributed by atoms with Gasteiger partial charge in [-0.2, -0.15) is 24.5 Å². The zero-order valence-electron chi connectivity index (χ0n) is 10.2. The van der Waals surface area contributed by atoms with Gasteiger partial charge in [0.15, 0.2) is 0 Å². The molecule has 3 aromatic rings. The maximum Gasteiger partial charge on any atom is 0.449 e. The standard InChI is InChI=1S/C13H10F3N3S/c14-13(15,16)12-18-10-5-9(17)1-2-11(10)19(12)6-8-3-4-20-7-8/h1-5,7H,6,17H2. The normalized spacial score (nSPS) is 12.2. The van der Waals surface area contributed by atoms with Crippen molar-refractivity contribution in [1.29, 1.82) is 0 Å². The van der Waals surface area contributed by atoms with Crippen molar-refractivity contribution >= 4 is 28.1 Å². The van der Waals surface area contributed by atoms with Crippen LogP contribution in [-0.4, -0.2) is 9.55 Å². The highest BCUT2D eigenvalue weighted by atomic mass is 32.1. The van der Waals surface area contributed by atoms with Crippen molar-refractivity contribution in [2.45, 2.75) is 12.7 Å². The van der Waals surface area contributed by atoms with Gasteiger partial charge in [0.25, 0.3) is 0 Å². The molecule has 2 heterocycles. The van der Waals surface area contributed by atoms with Gasteiger partial charge in [-0.15, -0.1) is 0 Å². The largest absolute Gasteiger partial charge is 0.449 e. The third kappa shape index (κ3) is 2.24. The number of nitrogen functional groups attached to an aromatic ring is 1. The van der Waals surface area contributed by atoms with Crippen molar-refractivity contribution in [3.05, 3.63) is 46.4 Å². The zero-order chi connectivity index (χ0) is 14.3. The lowest BCUT2D eigenvalue weighted by Gasteiger charge is -2.10. The van der Waals surface area contributed by atoms with E-state index in [1.165, 1.54) is 22.0 Å². The number of thiophene rings is 1. The summed E-state index contributed by atoms with van der Waals surface area (Å²) in [6.45, 7) is 0.138. The minimum Gasteiger partial charge on any atom is -0.399 e. The Kier molecular flexibility index (Phi) is 2.93. The second-order valence-electron chi connectivity index (χ2n) is 4.40. The molecule has 1 aromatic carbocycles. The van der Waals surface area contributed by atoms with Crippen molar-refractivity contribution in [2.75, 3.05) is 5.73 Å². The van der Waals surface area contributed by atoms with Crippen LogP contribution >= 0.6 is 11.3 Å². The van der Waals surface area contributed by atoms with Crippen molar-refractivity contribution in [3.8, 4) is 0 Å². The summed E-state index contributed by atoms with van der Waals surface area (Å²) in [6.07, 6.45) is -4.50. The summed E-state index contributed by atoms with van der Waals surface area (Å²) < 4.78 is 40.5. The lowest BCUT2D eigenvalue weighted by Crippen LogP contribution is -2.15. The van der Waals surface area contributed by atoms with Crippen LogP contribution in [0.25, 0.3) is 11.0 Å². The van der Waals surface area contributed by atoms with E-state index in [2.05, 4.69) is 4.98 Å². The molecule has 0 aliphatic rings. The summed E-state index contributed by atoms with van der Waals surface area (Å²) in [5.74, 6) is -0.899. The van der Waals surface area contributed by atoms with Gasteiger partial charge in [-0.25, -0.2) is 4.98 Å². The van der Waals surface area contributed by atoms with Crippen LogP contribution in [0, 0.1) is 0 Å². The molecule has 2 N–H and O–H groups in total. The van der Waals surface area contributed by atoms with E-state index in [0.717, 1.165) is 5.56 Å². The number of halogens is 3. The van der Waals surface area contributed by atoms with Gasteiger partial charge in [0.2, 0.25) is 5.82 Å². The Labute approximate surface area is 116 Å². The molecule has 0 atom stereocenters. The molecule has 0 fully saturated rings. The highest BCUT2D eigenvalue weighted by molar-refractivity contribution is 7.07. The Morgan fingerprint density at radius 1 is 1.25 bits per heavy atom. The number of fused-ring (bicyclic) bond motifs is 1. The minimum absolute atomic E-state index is 0.138. The van der Waals surface area contributed by atoms with Crippen LogP contribution in [0.15, 0.2) is 35.0 Å². The van der Waals surface area contributed by atoms with Crippen molar-refractivity contribution in [1.82, 2.24) is 9.55 Å². The fraction of sp³-hybridized carbons (Fsp3) is 0.154. The van der Waals surface area contributed by atoms with Gasteiger partial charge in [0.1, 0.15) is 0 Å². The second-order valence-corrected chi connectivity index (χ2v) is 5.18. The molecule has 104 valence electrons. The molecule has 0 unspecified atom stereocenters. The molecule has 20 heavy (non-hydrogen) atoms. The lowest BCUT2D eigenvalue weighted by atomic mass is 10.2. The number of nitrogens with zero attached hydrogens (tertiary/aromatic N) is 2. The number of imidazole rings is 1. The number of benzene rings is 1. The molecule has 0 bridgehead atoms. The predicted molar refractivity (Wildman–Crippen MR) is 72.6 cm³/mol. The van der Waals surface area contributed by atoms with Crippen LogP contribution in [0.1, 0.15) is 11.4 Å². The highest BCUT2D eigenvalue weighted by Gasteiger charge is 2.37. The number of rotatable bonds is 2. The fourth-order valence-electron chi connectivity index (χ4n) is 2.09. The zero-order valence-corrected chi connectivity index (χ0v) is 11.0. The van der Waals surface area contributed by atoms with Gasteiger partial charge in [0, 0.05) is 5.69 Å². The van der Waals surface area contributed by atoms with Crippen LogP contribution in [0.4, 0.5) is 18.9 Å². The highest BCUT2D eigenvalue weighted by Crippen LogP contribution is 2.32. The average molecular weight is 297 g/mol. The molecule has 0 aliphatic carbocycles. The minimum atomic E-state index is -4.50. The fourth-order valence-corrected chi connectivity index (χ4v) is 2.75. The first-order chi connectivity index (χ1) is 9.45. The van der Waals surface area contributed by atoms with Crippen molar-refractivity contribution in [3.63, 3.8) is 0 Å². The molecule has 3 nitrogen and oxygen atoms in total. The lowest BCUT2D eigenvalue weighted by molar-refractivity contribution is -0.146. The quantitative estimate of drug-likeness (QED) is 0.732. The summed E-state index contributed by atoms with van der Waals surface area (Å²) in [4.78, 5) is 3.69.